The maximum atomic E-state index is 6.24. The maximum absolute atomic E-state index is 6.24. The van der Waals surface area contributed by atoms with E-state index in [9.17, 15) is 0 Å². The predicted octanol–water partition coefficient (Wildman–Crippen LogP) is 2.31. The van der Waals surface area contributed by atoms with Crippen LogP contribution in [0.5, 0.6) is 0 Å². The molecule has 0 fully saturated rings. The first-order valence-corrected chi connectivity index (χ1v) is 6.07. The molecule has 15 heavy (non-hydrogen) atoms. The molecule has 2 aromatic rings. The average molecular weight is 223 g/mol. The minimum atomic E-state index is -0.177. The number of fused-ring (bicyclic) bond motifs is 1. The molecule has 2 aromatic heterocycles. The van der Waals surface area contributed by atoms with E-state index in [0.29, 0.717) is 5.92 Å². The second-order valence-corrected chi connectivity index (χ2v) is 5.54. The topological polar surface area (TPSA) is 43.3 Å². The molecule has 0 saturated heterocycles. The van der Waals surface area contributed by atoms with Crippen LogP contribution in [0.1, 0.15) is 26.5 Å². The van der Waals surface area contributed by atoms with Crippen molar-refractivity contribution in [1.29, 1.82) is 0 Å². The predicted molar refractivity (Wildman–Crippen MR) is 64.2 cm³/mol. The zero-order chi connectivity index (χ0) is 11.1. The minimum absolute atomic E-state index is 0.177. The summed E-state index contributed by atoms with van der Waals surface area (Å²) in [6.45, 7) is 6.39. The summed E-state index contributed by atoms with van der Waals surface area (Å²) in [6.07, 6.45) is 4.93. The van der Waals surface area contributed by atoms with Crippen molar-refractivity contribution in [3.8, 4) is 0 Å². The molecule has 82 valence electrons. The Hall–Kier alpha value is -0.870. The number of thiazole rings is 1. The van der Waals surface area contributed by atoms with Gasteiger partial charge in [-0.05, 0) is 12.8 Å². The van der Waals surface area contributed by atoms with Gasteiger partial charge in [0.25, 0.3) is 0 Å². The average Bonchev–Trinajstić information content (AvgIpc) is 2.62. The van der Waals surface area contributed by atoms with Gasteiger partial charge in [0.05, 0.1) is 5.69 Å². The lowest BCUT2D eigenvalue weighted by Gasteiger charge is -2.28. The molecule has 0 amide bonds. The quantitative estimate of drug-likeness (QED) is 0.867. The van der Waals surface area contributed by atoms with Crippen LogP contribution in [-0.2, 0) is 6.42 Å². The van der Waals surface area contributed by atoms with Gasteiger partial charge in [-0.25, -0.2) is 4.98 Å². The Labute approximate surface area is 93.9 Å². The third kappa shape index (κ3) is 2.06. The van der Waals surface area contributed by atoms with Crippen molar-refractivity contribution in [2.45, 2.75) is 32.7 Å². The van der Waals surface area contributed by atoms with E-state index in [-0.39, 0.29) is 5.54 Å². The van der Waals surface area contributed by atoms with Crippen LogP contribution >= 0.6 is 11.3 Å². The van der Waals surface area contributed by atoms with Gasteiger partial charge >= 0.3 is 0 Å². The van der Waals surface area contributed by atoms with Gasteiger partial charge in [-0.15, -0.1) is 11.3 Å². The van der Waals surface area contributed by atoms with Crippen LogP contribution in [0.4, 0.5) is 0 Å². The molecule has 0 aliphatic rings. The van der Waals surface area contributed by atoms with E-state index in [1.165, 1.54) is 0 Å². The van der Waals surface area contributed by atoms with Gasteiger partial charge < -0.3 is 5.73 Å². The van der Waals surface area contributed by atoms with Crippen molar-refractivity contribution >= 4 is 16.3 Å². The molecule has 1 unspecified atom stereocenters. The van der Waals surface area contributed by atoms with Crippen molar-refractivity contribution in [2.24, 2.45) is 11.7 Å². The monoisotopic (exact) mass is 223 g/mol. The van der Waals surface area contributed by atoms with E-state index in [2.05, 4.69) is 36.4 Å². The van der Waals surface area contributed by atoms with Crippen LogP contribution in [0.25, 0.3) is 4.96 Å². The van der Waals surface area contributed by atoms with Crippen LogP contribution in [0.15, 0.2) is 17.8 Å². The second kappa shape index (κ2) is 3.61. The van der Waals surface area contributed by atoms with Crippen molar-refractivity contribution in [3.05, 3.63) is 23.5 Å². The Morgan fingerprint density at radius 2 is 2.33 bits per heavy atom. The number of hydrogen-bond acceptors (Lipinski definition) is 3. The Morgan fingerprint density at radius 1 is 1.60 bits per heavy atom. The van der Waals surface area contributed by atoms with Crippen LogP contribution in [0.2, 0.25) is 0 Å². The summed E-state index contributed by atoms with van der Waals surface area (Å²) in [5.74, 6) is 0.456. The first-order chi connectivity index (χ1) is 6.99. The third-order valence-electron chi connectivity index (χ3n) is 3.02. The molecule has 4 heteroatoms. The van der Waals surface area contributed by atoms with Crippen LogP contribution in [0, 0.1) is 5.92 Å². The Bertz CT molecular complexity index is 425. The highest BCUT2D eigenvalue weighted by atomic mass is 32.1. The summed E-state index contributed by atoms with van der Waals surface area (Å²) in [4.78, 5) is 5.59. The summed E-state index contributed by atoms with van der Waals surface area (Å²) in [5, 5.41) is 2.04. The van der Waals surface area contributed by atoms with Gasteiger partial charge in [-0.1, -0.05) is 13.8 Å². The first kappa shape index (κ1) is 10.6. The molecule has 0 aliphatic heterocycles. The lowest BCUT2D eigenvalue weighted by molar-refractivity contribution is 0.335. The van der Waals surface area contributed by atoms with Gasteiger partial charge in [0.15, 0.2) is 4.96 Å². The number of aromatic nitrogens is 2. The van der Waals surface area contributed by atoms with Crippen molar-refractivity contribution < 1.29 is 0 Å². The molecule has 0 aromatic carbocycles. The molecule has 2 N–H and O–H groups in total. The smallest absolute Gasteiger partial charge is 0.193 e. The van der Waals surface area contributed by atoms with Gasteiger partial charge in [0, 0.05) is 29.7 Å². The fraction of sp³-hybridized carbons (Fsp3) is 0.545. The molecule has 0 aliphatic carbocycles. The van der Waals surface area contributed by atoms with Crippen LogP contribution in [-0.4, -0.2) is 14.9 Å². The van der Waals surface area contributed by atoms with Gasteiger partial charge in [-0.2, -0.15) is 0 Å². The van der Waals surface area contributed by atoms with E-state index in [1.807, 2.05) is 11.6 Å². The molecule has 3 nitrogen and oxygen atoms in total. The Morgan fingerprint density at radius 3 is 2.93 bits per heavy atom. The standard InChI is InChI=1S/C11H17N3S/c1-8(2)11(3,12)6-9-7-14-4-5-15-10(14)13-9/h4-5,7-8H,6,12H2,1-3H3. The summed E-state index contributed by atoms with van der Waals surface area (Å²) < 4.78 is 2.05. The molecule has 0 bridgehead atoms. The molecular weight excluding hydrogens is 206 g/mol. The molecule has 2 heterocycles. The van der Waals surface area contributed by atoms with Gasteiger partial charge in [-0.3, -0.25) is 4.40 Å². The number of imidazole rings is 1. The summed E-state index contributed by atoms with van der Waals surface area (Å²) in [6, 6.07) is 0. The summed E-state index contributed by atoms with van der Waals surface area (Å²) >= 11 is 1.65. The molecule has 0 spiro atoms. The summed E-state index contributed by atoms with van der Waals surface area (Å²) in [5.41, 5.74) is 7.14. The SMILES string of the molecule is CC(C)C(C)(N)Cc1cn2ccsc2n1. The second-order valence-electron chi connectivity index (χ2n) is 4.66. The van der Waals surface area contributed by atoms with E-state index < -0.39 is 0 Å². The van der Waals surface area contributed by atoms with E-state index >= 15 is 0 Å². The normalized spacial score (nSPS) is 16.1. The molecule has 0 saturated carbocycles. The van der Waals surface area contributed by atoms with Crippen molar-refractivity contribution in [1.82, 2.24) is 9.38 Å². The van der Waals surface area contributed by atoms with E-state index in [4.69, 9.17) is 5.73 Å². The van der Waals surface area contributed by atoms with Crippen LogP contribution in [0.3, 0.4) is 0 Å². The Balaban J connectivity index is 2.22. The van der Waals surface area contributed by atoms with Crippen LogP contribution < -0.4 is 5.73 Å². The largest absolute Gasteiger partial charge is 0.325 e. The number of rotatable bonds is 3. The zero-order valence-electron chi connectivity index (χ0n) is 9.40. The molecular formula is C11H17N3S. The first-order valence-electron chi connectivity index (χ1n) is 5.19. The van der Waals surface area contributed by atoms with E-state index in [1.54, 1.807) is 11.3 Å². The number of nitrogens with two attached hydrogens (primary N) is 1. The fourth-order valence-electron chi connectivity index (χ4n) is 1.46. The van der Waals surface area contributed by atoms with Crippen molar-refractivity contribution in [3.63, 3.8) is 0 Å². The molecule has 1 atom stereocenters. The highest BCUT2D eigenvalue weighted by Gasteiger charge is 2.24. The number of hydrogen-bond donors (Lipinski definition) is 1. The highest BCUT2D eigenvalue weighted by Crippen LogP contribution is 2.20. The Kier molecular flexibility index (Phi) is 2.56. The lowest BCUT2D eigenvalue weighted by Crippen LogP contribution is -2.43. The molecule has 0 radical (unpaired) electrons. The molecule has 2 rings (SSSR count). The van der Waals surface area contributed by atoms with Crippen molar-refractivity contribution in [2.75, 3.05) is 0 Å². The third-order valence-corrected chi connectivity index (χ3v) is 3.79. The maximum Gasteiger partial charge on any atom is 0.193 e. The minimum Gasteiger partial charge on any atom is -0.325 e. The fourth-order valence-corrected chi connectivity index (χ4v) is 2.17. The highest BCUT2D eigenvalue weighted by molar-refractivity contribution is 7.15. The lowest BCUT2D eigenvalue weighted by atomic mass is 9.85. The van der Waals surface area contributed by atoms with Gasteiger partial charge in [0.1, 0.15) is 0 Å². The number of nitrogens with zero attached hydrogens (tertiary/aromatic N) is 2. The van der Waals surface area contributed by atoms with Gasteiger partial charge in [0.2, 0.25) is 0 Å². The van der Waals surface area contributed by atoms with E-state index in [0.717, 1.165) is 17.1 Å². The zero-order valence-corrected chi connectivity index (χ0v) is 10.2. The summed E-state index contributed by atoms with van der Waals surface area (Å²) in [7, 11) is 0.